The molecule has 0 bridgehead atoms. The summed E-state index contributed by atoms with van der Waals surface area (Å²) in [6, 6.07) is 0. The van der Waals surface area contributed by atoms with Gasteiger partial charge in [-0.1, -0.05) is 0 Å². The number of nitrogens with zero attached hydrogens (tertiary/aromatic N) is 2. The fourth-order valence-corrected chi connectivity index (χ4v) is 1.73. The minimum Gasteiger partial charge on any atom is -0.393 e. The van der Waals surface area contributed by atoms with Crippen molar-refractivity contribution in [2.75, 3.05) is 0 Å². The lowest BCUT2D eigenvalue weighted by Crippen LogP contribution is -2.08. The zero-order valence-corrected chi connectivity index (χ0v) is 9.66. The van der Waals surface area contributed by atoms with Crippen LogP contribution in [0.3, 0.4) is 0 Å². The van der Waals surface area contributed by atoms with Crippen molar-refractivity contribution >= 4 is 15.9 Å². The maximum Gasteiger partial charge on any atom is 0.131 e. The van der Waals surface area contributed by atoms with Crippen molar-refractivity contribution in [2.24, 2.45) is 0 Å². The smallest absolute Gasteiger partial charge is 0.131 e. The van der Waals surface area contributed by atoms with Gasteiger partial charge in [0.05, 0.1) is 16.3 Å². The Bertz CT molecular complexity index is 337. The van der Waals surface area contributed by atoms with Crippen LogP contribution in [0.15, 0.2) is 10.7 Å². The van der Waals surface area contributed by atoms with Crippen LogP contribution in [0.5, 0.6) is 0 Å². The molecule has 3 nitrogen and oxygen atoms in total. The number of aromatic nitrogens is 2. The normalized spacial score (nSPS) is 18.2. The average Bonchev–Trinajstić information content (AvgIpc) is 2.91. The molecule has 0 amide bonds. The van der Waals surface area contributed by atoms with Gasteiger partial charge in [-0.15, -0.1) is 0 Å². The van der Waals surface area contributed by atoms with Gasteiger partial charge in [-0.2, -0.15) is 0 Å². The molecule has 1 saturated carbocycles. The Balaban J connectivity index is 2.22. The summed E-state index contributed by atoms with van der Waals surface area (Å²) in [4.78, 5) is 8.73. The third kappa shape index (κ3) is 2.30. The monoisotopic (exact) mass is 256 g/mol. The molecule has 0 saturated heterocycles. The van der Waals surface area contributed by atoms with Gasteiger partial charge in [0.25, 0.3) is 0 Å². The maximum absolute atomic E-state index is 9.29. The van der Waals surface area contributed by atoms with Crippen LogP contribution >= 0.6 is 15.9 Å². The Morgan fingerprint density at radius 1 is 1.64 bits per heavy atom. The number of aliphatic hydroxyl groups is 1. The molecule has 2 rings (SSSR count). The first kappa shape index (κ1) is 10.1. The average molecular weight is 257 g/mol. The van der Waals surface area contributed by atoms with Gasteiger partial charge >= 0.3 is 0 Å². The third-order valence-corrected chi connectivity index (χ3v) is 2.93. The highest BCUT2D eigenvalue weighted by Gasteiger charge is 2.27. The minimum atomic E-state index is -0.353. The summed E-state index contributed by atoms with van der Waals surface area (Å²) in [7, 11) is 0. The summed E-state index contributed by atoms with van der Waals surface area (Å²) in [5, 5.41) is 9.29. The molecule has 0 spiro atoms. The van der Waals surface area contributed by atoms with Gasteiger partial charge < -0.3 is 5.11 Å². The second-order valence-corrected chi connectivity index (χ2v) is 4.70. The second-order valence-electron chi connectivity index (χ2n) is 3.85. The van der Waals surface area contributed by atoms with E-state index in [1.807, 2.05) is 0 Å². The second kappa shape index (κ2) is 3.95. The fraction of sp³-hybridized carbons (Fsp3) is 0.600. The molecular weight excluding hydrogens is 244 g/mol. The predicted octanol–water partition coefficient (Wildman–Crippen LogP) is 2.04. The Kier molecular flexibility index (Phi) is 2.83. The highest BCUT2D eigenvalue weighted by molar-refractivity contribution is 9.10. The van der Waals surface area contributed by atoms with E-state index in [-0.39, 0.29) is 6.10 Å². The van der Waals surface area contributed by atoms with Crippen LogP contribution in [0.1, 0.15) is 37.2 Å². The van der Waals surface area contributed by atoms with Crippen LogP contribution in [0.25, 0.3) is 0 Å². The largest absolute Gasteiger partial charge is 0.393 e. The summed E-state index contributed by atoms with van der Waals surface area (Å²) >= 11 is 3.39. The van der Waals surface area contributed by atoms with E-state index in [9.17, 15) is 5.11 Å². The predicted molar refractivity (Wildman–Crippen MR) is 57.1 cm³/mol. The van der Waals surface area contributed by atoms with Gasteiger partial charge in [0.2, 0.25) is 0 Å². The summed E-state index contributed by atoms with van der Waals surface area (Å²) in [6.07, 6.45) is 4.43. The Hall–Kier alpha value is -0.480. The lowest BCUT2D eigenvalue weighted by molar-refractivity contribution is 0.194. The quantitative estimate of drug-likeness (QED) is 0.901. The van der Waals surface area contributed by atoms with Crippen molar-refractivity contribution in [1.82, 2.24) is 9.97 Å². The van der Waals surface area contributed by atoms with E-state index in [1.165, 1.54) is 12.8 Å². The van der Waals surface area contributed by atoms with Crippen molar-refractivity contribution in [2.45, 2.75) is 38.2 Å². The number of aliphatic hydroxyl groups excluding tert-OH is 1. The topological polar surface area (TPSA) is 46.0 Å². The molecule has 1 aromatic heterocycles. The van der Waals surface area contributed by atoms with Crippen LogP contribution in [-0.4, -0.2) is 21.2 Å². The molecule has 0 radical (unpaired) electrons. The first-order valence-corrected chi connectivity index (χ1v) is 5.65. The van der Waals surface area contributed by atoms with Gasteiger partial charge in [0, 0.05) is 18.5 Å². The molecule has 1 fully saturated rings. The van der Waals surface area contributed by atoms with Crippen LogP contribution in [0, 0.1) is 0 Å². The fourth-order valence-electron chi connectivity index (χ4n) is 1.38. The number of halogens is 1. The van der Waals surface area contributed by atoms with Gasteiger partial charge in [0.15, 0.2) is 0 Å². The van der Waals surface area contributed by atoms with Crippen LogP contribution in [0.4, 0.5) is 0 Å². The van der Waals surface area contributed by atoms with E-state index in [2.05, 4.69) is 25.9 Å². The minimum absolute atomic E-state index is 0.353. The molecular formula is C10H13BrN2O. The zero-order chi connectivity index (χ0) is 10.1. The van der Waals surface area contributed by atoms with Gasteiger partial charge in [-0.25, -0.2) is 9.97 Å². The molecule has 1 N–H and O–H groups in total. The third-order valence-electron chi connectivity index (χ3n) is 2.27. The first-order chi connectivity index (χ1) is 6.66. The van der Waals surface area contributed by atoms with E-state index in [0.717, 1.165) is 16.0 Å². The zero-order valence-electron chi connectivity index (χ0n) is 8.07. The molecule has 4 heteroatoms. The first-order valence-electron chi connectivity index (χ1n) is 4.86. The molecule has 1 aliphatic carbocycles. The van der Waals surface area contributed by atoms with Crippen molar-refractivity contribution in [3.8, 4) is 0 Å². The van der Waals surface area contributed by atoms with Gasteiger partial charge in [0.1, 0.15) is 5.82 Å². The summed E-state index contributed by atoms with van der Waals surface area (Å²) < 4.78 is 0.891. The lowest BCUT2D eigenvalue weighted by Gasteiger charge is -2.07. The number of hydrogen-bond acceptors (Lipinski definition) is 3. The molecule has 0 aliphatic heterocycles. The number of rotatable bonds is 3. The van der Waals surface area contributed by atoms with Crippen molar-refractivity contribution in [1.29, 1.82) is 0 Å². The molecule has 0 unspecified atom stereocenters. The highest BCUT2D eigenvalue weighted by atomic mass is 79.9. The molecule has 1 aliphatic rings. The Labute approximate surface area is 91.7 Å². The summed E-state index contributed by atoms with van der Waals surface area (Å²) in [5.74, 6) is 1.50. The van der Waals surface area contributed by atoms with Gasteiger partial charge in [-0.3, -0.25) is 0 Å². The lowest BCUT2D eigenvalue weighted by atomic mass is 10.2. The van der Waals surface area contributed by atoms with Crippen molar-refractivity contribution < 1.29 is 5.11 Å². The highest BCUT2D eigenvalue weighted by Crippen LogP contribution is 2.38. The van der Waals surface area contributed by atoms with Crippen LogP contribution < -0.4 is 0 Å². The molecule has 1 aromatic rings. The maximum atomic E-state index is 9.29. The summed E-state index contributed by atoms with van der Waals surface area (Å²) in [6.45, 7) is 1.77. The van der Waals surface area contributed by atoms with E-state index in [0.29, 0.717) is 12.3 Å². The van der Waals surface area contributed by atoms with E-state index < -0.39 is 0 Å². The van der Waals surface area contributed by atoms with Crippen LogP contribution in [-0.2, 0) is 6.42 Å². The molecule has 14 heavy (non-hydrogen) atoms. The van der Waals surface area contributed by atoms with E-state index >= 15 is 0 Å². The SMILES string of the molecule is C[C@H](O)Cc1nc(C2CC2)ncc1Br. The van der Waals surface area contributed by atoms with Gasteiger partial charge in [-0.05, 0) is 35.7 Å². The standard InChI is InChI=1S/C10H13BrN2O/c1-6(14)4-9-8(11)5-12-10(13-9)7-2-3-7/h5-7,14H,2-4H2,1H3/t6-/m0/s1. The van der Waals surface area contributed by atoms with Crippen molar-refractivity contribution in [3.05, 3.63) is 22.2 Å². The van der Waals surface area contributed by atoms with E-state index in [1.54, 1.807) is 13.1 Å². The van der Waals surface area contributed by atoms with Crippen molar-refractivity contribution in [3.63, 3.8) is 0 Å². The molecule has 76 valence electrons. The molecule has 1 heterocycles. The Morgan fingerprint density at radius 3 is 2.93 bits per heavy atom. The van der Waals surface area contributed by atoms with Crippen LogP contribution in [0.2, 0.25) is 0 Å². The summed E-state index contributed by atoms with van der Waals surface area (Å²) in [5.41, 5.74) is 0.914. The molecule has 1 atom stereocenters. The Morgan fingerprint density at radius 2 is 2.36 bits per heavy atom. The van der Waals surface area contributed by atoms with E-state index in [4.69, 9.17) is 0 Å². The number of hydrogen-bond donors (Lipinski definition) is 1. The molecule has 0 aromatic carbocycles.